The fourth-order valence-electron chi connectivity index (χ4n) is 4.52. The second kappa shape index (κ2) is 8.78. The Bertz CT molecular complexity index is 778. The van der Waals surface area contributed by atoms with Crippen molar-refractivity contribution >= 4 is 5.91 Å². The van der Waals surface area contributed by atoms with Crippen molar-refractivity contribution in [1.82, 2.24) is 10.2 Å². The normalized spacial score (nSPS) is 23.0. The van der Waals surface area contributed by atoms with Crippen LogP contribution in [0.5, 0.6) is 5.75 Å². The van der Waals surface area contributed by atoms with Crippen LogP contribution in [-0.2, 0) is 11.2 Å². The molecular weight excluding hydrogens is 348 g/mol. The molecule has 2 aromatic carbocycles. The van der Waals surface area contributed by atoms with Crippen LogP contribution in [0.3, 0.4) is 0 Å². The highest BCUT2D eigenvalue weighted by Gasteiger charge is 2.33. The Hall–Kier alpha value is -2.33. The van der Waals surface area contributed by atoms with Crippen molar-refractivity contribution in [1.29, 1.82) is 0 Å². The Morgan fingerprint density at radius 3 is 2.39 bits per heavy atom. The number of carbonyl (C=O) groups excluding carboxylic acids is 1. The van der Waals surface area contributed by atoms with Gasteiger partial charge >= 0.3 is 0 Å². The molecule has 1 amide bonds. The minimum atomic E-state index is -0.465. The molecule has 28 heavy (non-hydrogen) atoms. The maximum absolute atomic E-state index is 13.0. The molecule has 2 aliphatic heterocycles. The number of para-hydroxylation sites is 1. The summed E-state index contributed by atoms with van der Waals surface area (Å²) < 4.78 is 6.16. The molecule has 0 aromatic heterocycles. The molecule has 4 nitrogen and oxygen atoms in total. The van der Waals surface area contributed by atoms with Crippen molar-refractivity contribution in [2.24, 2.45) is 11.8 Å². The molecule has 0 bridgehead atoms. The van der Waals surface area contributed by atoms with Gasteiger partial charge in [0.1, 0.15) is 5.75 Å². The van der Waals surface area contributed by atoms with E-state index in [1.54, 1.807) is 0 Å². The van der Waals surface area contributed by atoms with E-state index in [-0.39, 0.29) is 5.91 Å². The van der Waals surface area contributed by atoms with E-state index in [1.807, 2.05) is 36.1 Å². The third kappa shape index (κ3) is 4.39. The van der Waals surface area contributed by atoms with E-state index in [9.17, 15) is 4.79 Å². The molecule has 0 spiro atoms. The number of fused-ring (bicyclic) bond motifs is 1. The molecule has 2 aromatic rings. The van der Waals surface area contributed by atoms with Gasteiger partial charge in [0.25, 0.3) is 5.91 Å². The summed E-state index contributed by atoms with van der Waals surface area (Å²) >= 11 is 0. The van der Waals surface area contributed by atoms with Gasteiger partial charge in [0.2, 0.25) is 0 Å². The smallest absolute Gasteiger partial charge is 0.263 e. The fraction of sp³-hybridized carbons (Fsp3) is 0.458. The van der Waals surface area contributed by atoms with Gasteiger partial charge in [-0.1, -0.05) is 48.5 Å². The zero-order chi connectivity index (χ0) is 19.3. The monoisotopic (exact) mass is 378 g/mol. The molecule has 4 rings (SSSR count). The summed E-state index contributed by atoms with van der Waals surface area (Å²) in [6.45, 7) is 5.79. The van der Waals surface area contributed by atoms with Gasteiger partial charge in [0.15, 0.2) is 6.10 Å². The van der Waals surface area contributed by atoms with Gasteiger partial charge in [-0.05, 0) is 61.9 Å². The molecule has 0 radical (unpaired) electrons. The zero-order valence-electron chi connectivity index (χ0n) is 16.6. The highest BCUT2D eigenvalue weighted by molar-refractivity contribution is 5.81. The lowest BCUT2D eigenvalue weighted by molar-refractivity contribution is -0.138. The summed E-state index contributed by atoms with van der Waals surface area (Å²) in [6.07, 6.45) is 2.53. The van der Waals surface area contributed by atoms with Crippen LogP contribution in [0.2, 0.25) is 0 Å². The predicted molar refractivity (Wildman–Crippen MR) is 111 cm³/mol. The molecular formula is C24H30N2O2. The molecule has 4 heteroatoms. The Balaban J connectivity index is 1.40. The number of nitrogens with zero attached hydrogens (tertiary/aromatic N) is 1. The van der Waals surface area contributed by atoms with Crippen LogP contribution in [0.15, 0.2) is 54.6 Å². The average Bonchev–Trinajstić information content (AvgIpc) is 3.08. The van der Waals surface area contributed by atoms with Gasteiger partial charge in [0, 0.05) is 19.5 Å². The molecule has 0 aliphatic carbocycles. The number of rotatable bonds is 5. The average molecular weight is 379 g/mol. The van der Waals surface area contributed by atoms with E-state index in [0.717, 1.165) is 68.6 Å². The molecule has 1 N–H and O–H groups in total. The van der Waals surface area contributed by atoms with E-state index >= 15 is 0 Å². The molecule has 2 heterocycles. The summed E-state index contributed by atoms with van der Waals surface area (Å²) in [5, 5.41) is 3.49. The number of ether oxygens (including phenoxy) is 1. The molecule has 2 saturated heterocycles. The van der Waals surface area contributed by atoms with Crippen LogP contribution in [-0.4, -0.2) is 43.1 Å². The third-order valence-corrected chi connectivity index (χ3v) is 6.19. The van der Waals surface area contributed by atoms with Gasteiger partial charge in [-0.3, -0.25) is 4.79 Å². The number of amides is 1. The molecule has 1 unspecified atom stereocenters. The Labute approximate surface area is 167 Å². The van der Waals surface area contributed by atoms with Crippen molar-refractivity contribution < 1.29 is 9.53 Å². The van der Waals surface area contributed by atoms with Crippen molar-refractivity contribution in [3.63, 3.8) is 0 Å². The lowest BCUT2D eigenvalue weighted by Crippen LogP contribution is -2.41. The minimum Gasteiger partial charge on any atom is -0.481 e. The number of likely N-dealkylation sites (tertiary alicyclic amines) is 1. The van der Waals surface area contributed by atoms with Gasteiger partial charge < -0.3 is 15.0 Å². The quantitative estimate of drug-likeness (QED) is 0.866. The first kappa shape index (κ1) is 19.0. The summed E-state index contributed by atoms with van der Waals surface area (Å²) in [7, 11) is 0. The molecule has 148 valence electrons. The number of hydrogen-bond donors (Lipinski definition) is 1. The predicted octanol–water partition coefficient (Wildman–Crippen LogP) is 3.50. The van der Waals surface area contributed by atoms with E-state index in [0.29, 0.717) is 0 Å². The maximum Gasteiger partial charge on any atom is 0.263 e. The van der Waals surface area contributed by atoms with Crippen molar-refractivity contribution in [3.8, 4) is 5.75 Å². The summed E-state index contributed by atoms with van der Waals surface area (Å²) in [5.74, 6) is 2.37. The first-order chi connectivity index (χ1) is 13.7. The van der Waals surface area contributed by atoms with Crippen molar-refractivity contribution in [2.75, 3.05) is 26.2 Å². The Morgan fingerprint density at radius 2 is 1.68 bits per heavy atom. The zero-order valence-corrected chi connectivity index (χ0v) is 16.6. The molecule has 2 fully saturated rings. The number of hydrogen-bond acceptors (Lipinski definition) is 3. The van der Waals surface area contributed by atoms with E-state index < -0.39 is 6.10 Å². The standard InChI is InChI=1S/C24H30N2O2/c1-18(24(27)26-13-11-21-16-25-17-22(21)12-14-26)28-23-10-6-5-9-20(23)15-19-7-3-2-4-8-19/h2-10,18,21-22,25H,11-17H2,1H3/t18?,21-,22+. The topological polar surface area (TPSA) is 41.6 Å². The van der Waals surface area contributed by atoms with Crippen LogP contribution >= 0.6 is 0 Å². The van der Waals surface area contributed by atoms with Crippen LogP contribution < -0.4 is 10.1 Å². The SMILES string of the molecule is CC(Oc1ccccc1Cc1ccccc1)C(=O)N1CC[C@@H]2CNC[C@@H]2CC1. The van der Waals surface area contributed by atoms with Crippen molar-refractivity contribution in [3.05, 3.63) is 65.7 Å². The van der Waals surface area contributed by atoms with Gasteiger partial charge in [0.05, 0.1) is 0 Å². The van der Waals surface area contributed by atoms with Gasteiger partial charge in [-0.25, -0.2) is 0 Å². The summed E-state index contributed by atoms with van der Waals surface area (Å²) in [6, 6.07) is 18.4. The number of benzene rings is 2. The fourth-order valence-corrected chi connectivity index (χ4v) is 4.52. The number of carbonyl (C=O) groups is 1. The van der Waals surface area contributed by atoms with E-state index in [1.165, 1.54) is 5.56 Å². The molecule has 3 atom stereocenters. The van der Waals surface area contributed by atoms with E-state index in [4.69, 9.17) is 4.74 Å². The largest absolute Gasteiger partial charge is 0.481 e. The minimum absolute atomic E-state index is 0.113. The highest BCUT2D eigenvalue weighted by Crippen LogP contribution is 2.28. The van der Waals surface area contributed by atoms with E-state index in [2.05, 4.69) is 35.6 Å². The first-order valence-corrected chi connectivity index (χ1v) is 10.5. The molecule has 0 saturated carbocycles. The van der Waals surface area contributed by atoms with Crippen molar-refractivity contribution in [2.45, 2.75) is 32.3 Å². The second-order valence-corrected chi connectivity index (χ2v) is 8.11. The third-order valence-electron chi connectivity index (χ3n) is 6.19. The molecule has 2 aliphatic rings. The Kier molecular flexibility index (Phi) is 5.96. The maximum atomic E-state index is 13.0. The first-order valence-electron chi connectivity index (χ1n) is 10.5. The summed E-state index contributed by atoms with van der Waals surface area (Å²) in [4.78, 5) is 15.0. The van der Waals surface area contributed by atoms with Crippen LogP contribution in [0.1, 0.15) is 30.9 Å². The number of nitrogens with one attached hydrogen (secondary N) is 1. The van der Waals surface area contributed by atoms with Gasteiger partial charge in [-0.2, -0.15) is 0 Å². The highest BCUT2D eigenvalue weighted by atomic mass is 16.5. The van der Waals surface area contributed by atoms with Crippen LogP contribution in [0.25, 0.3) is 0 Å². The lowest BCUT2D eigenvalue weighted by atomic mass is 9.92. The lowest BCUT2D eigenvalue weighted by Gasteiger charge is -2.25. The second-order valence-electron chi connectivity index (χ2n) is 8.11. The summed E-state index contributed by atoms with van der Waals surface area (Å²) in [5.41, 5.74) is 2.36. The van der Waals surface area contributed by atoms with Gasteiger partial charge in [-0.15, -0.1) is 0 Å². The van der Waals surface area contributed by atoms with Crippen LogP contribution in [0.4, 0.5) is 0 Å². The van der Waals surface area contributed by atoms with Crippen LogP contribution in [0, 0.1) is 11.8 Å². The Morgan fingerprint density at radius 1 is 1.04 bits per heavy atom.